The highest BCUT2D eigenvalue weighted by atomic mass is 79.9. The third-order valence-electron chi connectivity index (χ3n) is 2.26. The molecule has 6 nitrogen and oxygen atoms in total. The maximum absolute atomic E-state index is 11.3. The molecule has 0 aromatic heterocycles. The molecule has 18 heavy (non-hydrogen) atoms. The summed E-state index contributed by atoms with van der Waals surface area (Å²) in [5.74, 6) is -0.0421. The second-order valence-corrected chi connectivity index (χ2v) is 4.88. The Morgan fingerprint density at radius 3 is 2.67 bits per heavy atom. The number of nitro groups is 1. The largest absolute Gasteiger partial charge is 0.348 e. The lowest BCUT2D eigenvalue weighted by atomic mass is 10.2. The van der Waals surface area contributed by atoms with Gasteiger partial charge in [-0.05, 0) is 11.6 Å². The first kappa shape index (κ1) is 14.6. The summed E-state index contributed by atoms with van der Waals surface area (Å²) in [6.07, 6.45) is 0. The van der Waals surface area contributed by atoms with Crippen molar-refractivity contribution in [3.63, 3.8) is 0 Å². The van der Waals surface area contributed by atoms with Crippen LogP contribution in [0.1, 0.15) is 5.56 Å². The van der Waals surface area contributed by atoms with Crippen LogP contribution in [0.25, 0.3) is 0 Å². The van der Waals surface area contributed by atoms with Gasteiger partial charge in [0.2, 0.25) is 5.91 Å². The summed E-state index contributed by atoms with van der Waals surface area (Å²) < 4.78 is 0.646. The predicted molar refractivity (Wildman–Crippen MR) is 71.2 cm³/mol. The summed E-state index contributed by atoms with van der Waals surface area (Å²) in [6.45, 7) is 0.604. The minimum atomic E-state index is -0.445. The minimum Gasteiger partial charge on any atom is -0.348 e. The maximum atomic E-state index is 11.3. The molecule has 0 spiro atoms. The fourth-order valence-corrected chi connectivity index (χ4v) is 1.84. The van der Waals surface area contributed by atoms with Crippen LogP contribution in [0.2, 0.25) is 0 Å². The van der Waals surface area contributed by atoms with Gasteiger partial charge < -0.3 is 10.2 Å². The highest BCUT2D eigenvalue weighted by Gasteiger charge is 2.09. The smallest absolute Gasteiger partial charge is 0.270 e. The Labute approximate surface area is 113 Å². The van der Waals surface area contributed by atoms with E-state index >= 15 is 0 Å². The molecule has 1 N–H and O–H groups in total. The molecule has 7 heteroatoms. The fraction of sp³-hybridized carbons (Fsp3) is 0.364. The number of nitrogens with zero attached hydrogens (tertiary/aromatic N) is 2. The molecule has 0 aliphatic carbocycles. The van der Waals surface area contributed by atoms with Crippen LogP contribution < -0.4 is 5.32 Å². The van der Waals surface area contributed by atoms with Gasteiger partial charge in [0, 0.05) is 37.2 Å². The molecule has 1 rings (SSSR count). The van der Waals surface area contributed by atoms with E-state index in [0.717, 1.165) is 5.56 Å². The summed E-state index contributed by atoms with van der Waals surface area (Å²) >= 11 is 3.22. The summed E-state index contributed by atoms with van der Waals surface area (Å²) in [5, 5.41) is 13.6. The third kappa shape index (κ3) is 4.42. The molecule has 0 heterocycles. The van der Waals surface area contributed by atoms with Gasteiger partial charge in [0.1, 0.15) is 0 Å². The predicted octanol–water partition coefficient (Wildman–Crippen LogP) is 1.54. The number of hydrogen-bond acceptors (Lipinski definition) is 4. The number of rotatable bonds is 5. The van der Waals surface area contributed by atoms with Gasteiger partial charge in [0.05, 0.1) is 11.5 Å². The number of halogens is 1. The number of carbonyl (C=O) groups excluding carboxylic acids is 1. The first-order valence-corrected chi connectivity index (χ1v) is 6.04. The van der Waals surface area contributed by atoms with Gasteiger partial charge >= 0.3 is 0 Å². The van der Waals surface area contributed by atoms with Crippen molar-refractivity contribution >= 4 is 27.5 Å². The lowest BCUT2D eigenvalue weighted by Gasteiger charge is -2.11. The van der Waals surface area contributed by atoms with E-state index in [1.807, 2.05) is 0 Å². The van der Waals surface area contributed by atoms with E-state index in [1.54, 1.807) is 20.2 Å². The fourth-order valence-electron chi connectivity index (χ4n) is 1.31. The van der Waals surface area contributed by atoms with Crippen molar-refractivity contribution in [1.29, 1.82) is 0 Å². The Morgan fingerprint density at radius 2 is 2.11 bits per heavy atom. The van der Waals surface area contributed by atoms with Crippen LogP contribution in [0, 0.1) is 10.1 Å². The van der Waals surface area contributed by atoms with Crippen molar-refractivity contribution in [3.8, 4) is 0 Å². The average Bonchev–Trinajstić information content (AvgIpc) is 2.27. The molecule has 0 saturated carbocycles. The molecule has 0 aliphatic rings. The highest BCUT2D eigenvalue weighted by molar-refractivity contribution is 9.10. The van der Waals surface area contributed by atoms with Crippen molar-refractivity contribution < 1.29 is 9.72 Å². The quantitative estimate of drug-likeness (QED) is 0.660. The Balaban J connectivity index is 2.62. The van der Waals surface area contributed by atoms with Crippen molar-refractivity contribution in [2.45, 2.75) is 6.54 Å². The summed E-state index contributed by atoms with van der Waals surface area (Å²) in [6, 6.07) is 4.70. The monoisotopic (exact) mass is 315 g/mol. The zero-order chi connectivity index (χ0) is 13.7. The van der Waals surface area contributed by atoms with Crippen molar-refractivity contribution in [2.75, 3.05) is 20.6 Å². The van der Waals surface area contributed by atoms with E-state index in [1.165, 1.54) is 17.0 Å². The third-order valence-corrected chi connectivity index (χ3v) is 2.72. The van der Waals surface area contributed by atoms with E-state index in [2.05, 4.69) is 21.2 Å². The van der Waals surface area contributed by atoms with Crippen molar-refractivity contribution in [1.82, 2.24) is 10.2 Å². The molecule has 0 aliphatic heterocycles. The van der Waals surface area contributed by atoms with Gasteiger partial charge in [-0.2, -0.15) is 0 Å². The molecule has 0 unspecified atom stereocenters. The molecule has 0 fully saturated rings. The van der Waals surface area contributed by atoms with Gasteiger partial charge in [0.25, 0.3) is 5.69 Å². The zero-order valence-electron chi connectivity index (χ0n) is 10.1. The van der Waals surface area contributed by atoms with E-state index in [9.17, 15) is 14.9 Å². The Kier molecular flexibility index (Phi) is 5.24. The van der Waals surface area contributed by atoms with Gasteiger partial charge in [-0.25, -0.2) is 0 Å². The molecule has 1 aromatic carbocycles. The van der Waals surface area contributed by atoms with Gasteiger partial charge in [-0.1, -0.05) is 15.9 Å². The summed E-state index contributed by atoms with van der Waals surface area (Å²) in [7, 11) is 3.35. The molecule has 0 bridgehead atoms. The number of nitro benzene ring substituents is 1. The lowest BCUT2D eigenvalue weighted by molar-refractivity contribution is -0.385. The van der Waals surface area contributed by atoms with Crippen LogP contribution in [0.3, 0.4) is 0 Å². The van der Waals surface area contributed by atoms with Crippen LogP contribution in [0.5, 0.6) is 0 Å². The van der Waals surface area contributed by atoms with Gasteiger partial charge in [-0.15, -0.1) is 0 Å². The van der Waals surface area contributed by atoms with E-state index in [4.69, 9.17) is 0 Å². The number of nitrogens with one attached hydrogen (secondary N) is 1. The molecular weight excluding hydrogens is 302 g/mol. The number of amides is 1. The Bertz CT molecular complexity index is 463. The number of hydrogen-bond donors (Lipinski definition) is 1. The van der Waals surface area contributed by atoms with Gasteiger partial charge in [0.15, 0.2) is 0 Å². The highest BCUT2D eigenvalue weighted by Crippen LogP contribution is 2.21. The normalized spacial score (nSPS) is 10.2. The molecule has 98 valence electrons. The lowest BCUT2D eigenvalue weighted by Crippen LogP contribution is -2.32. The second-order valence-electron chi connectivity index (χ2n) is 3.97. The number of likely N-dealkylation sites (N-methyl/N-ethyl adjacent to an activating group) is 1. The van der Waals surface area contributed by atoms with Crippen LogP contribution in [0.15, 0.2) is 22.7 Å². The second kappa shape index (κ2) is 6.46. The molecule has 1 aromatic rings. The van der Waals surface area contributed by atoms with Gasteiger partial charge in [-0.3, -0.25) is 14.9 Å². The van der Waals surface area contributed by atoms with Crippen molar-refractivity contribution in [2.24, 2.45) is 0 Å². The van der Waals surface area contributed by atoms with Crippen LogP contribution in [0.4, 0.5) is 5.69 Å². The first-order valence-electron chi connectivity index (χ1n) is 5.25. The Hall–Kier alpha value is -1.47. The molecular formula is C11H14BrN3O3. The molecule has 0 saturated heterocycles. The molecule has 1 amide bonds. The topological polar surface area (TPSA) is 75.5 Å². The van der Waals surface area contributed by atoms with E-state index in [0.29, 0.717) is 11.0 Å². The van der Waals surface area contributed by atoms with Crippen LogP contribution in [-0.4, -0.2) is 36.4 Å². The minimum absolute atomic E-state index is 0.0279. The summed E-state index contributed by atoms with van der Waals surface area (Å²) in [4.78, 5) is 23.0. The Morgan fingerprint density at radius 1 is 1.44 bits per heavy atom. The average molecular weight is 316 g/mol. The standard InChI is InChI=1S/C11H14BrN3O3/c1-14(2)11(16)7-13-6-8-3-9(12)5-10(4-8)15(17)18/h3-5,13H,6-7H2,1-2H3. The van der Waals surface area contributed by atoms with Crippen LogP contribution in [-0.2, 0) is 11.3 Å². The zero-order valence-corrected chi connectivity index (χ0v) is 11.7. The number of carbonyl (C=O) groups is 1. The van der Waals surface area contributed by atoms with E-state index < -0.39 is 4.92 Å². The molecule has 0 radical (unpaired) electrons. The van der Waals surface area contributed by atoms with Crippen molar-refractivity contribution in [3.05, 3.63) is 38.3 Å². The van der Waals surface area contributed by atoms with Crippen LogP contribution >= 0.6 is 15.9 Å². The maximum Gasteiger partial charge on any atom is 0.270 e. The molecule has 0 atom stereocenters. The first-order chi connectivity index (χ1) is 8.40. The van der Waals surface area contributed by atoms with E-state index in [-0.39, 0.29) is 18.1 Å². The number of non-ortho nitro benzene ring substituents is 1. The summed E-state index contributed by atoms with van der Waals surface area (Å²) in [5.41, 5.74) is 0.780. The SMILES string of the molecule is CN(C)C(=O)CNCc1cc(Br)cc([N+](=O)[O-])c1. The number of benzene rings is 1.